The summed E-state index contributed by atoms with van der Waals surface area (Å²) in [5, 5.41) is 8.46. The van der Waals surface area contributed by atoms with Crippen LogP contribution >= 0.6 is 0 Å². The van der Waals surface area contributed by atoms with Crippen LogP contribution in [0.3, 0.4) is 0 Å². The molecule has 0 radical (unpaired) electrons. The third-order valence-corrected chi connectivity index (χ3v) is 3.33. The van der Waals surface area contributed by atoms with E-state index in [2.05, 4.69) is 9.46 Å². The Morgan fingerprint density at radius 1 is 1.48 bits per heavy atom. The summed E-state index contributed by atoms with van der Waals surface area (Å²) in [5.41, 5.74) is 0.0533. The van der Waals surface area contributed by atoms with Gasteiger partial charge in [-0.2, -0.15) is 13.1 Å². The molecule has 0 spiro atoms. The molecular weight excluding hydrogens is 303 g/mol. The van der Waals surface area contributed by atoms with Gasteiger partial charge >= 0.3 is 5.97 Å². The molecule has 1 rings (SSSR count). The average Bonchev–Trinajstić information content (AvgIpc) is 2.39. The molecular formula is C12H15FN2O5S. The van der Waals surface area contributed by atoms with Gasteiger partial charge < -0.3 is 9.84 Å². The normalized spacial score (nSPS) is 11.7. The van der Waals surface area contributed by atoms with Crippen molar-refractivity contribution >= 4 is 27.9 Å². The molecule has 0 bridgehead atoms. The van der Waals surface area contributed by atoms with E-state index in [1.807, 2.05) is 4.72 Å². The molecule has 0 atom stereocenters. The summed E-state index contributed by atoms with van der Waals surface area (Å²) in [7, 11) is -2.48. The molecule has 0 unspecified atom stereocenters. The van der Waals surface area contributed by atoms with E-state index in [4.69, 9.17) is 5.11 Å². The maximum Gasteiger partial charge on any atom is 0.328 e. The second-order valence-electron chi connectivity index (χ2n) is 3.90. The van der Waals surface area contributed by atoms with Crippen LogP contribution in [0.15, 0.2) is 24.3 Å². The van der Waals surface area contributed by atoms with E-state index in [0.717, 1.165) is 12.1 Å². The van der Waals surface area contributed by atoms with Crippen molar-refractivity contribution in [2.24, 2.45) is 0 Å². The Balaban J connectivity index is 2.79. The maximum absolute atomic E-state index is 13.7. The van der Waals surface area contributed by atoms with E-state index >= 15 is 0 Å². The summed E-state index contributed by atoms with van der Waals surface area (Å²) < 4.78 is 45.8. The molecule has 0 aliphatic carbocycles. The lowest BCUT2D eigenvalue weighted by molar-refractivity contribution is -0.131. The van der Waals surface area contributed by atoms with Gasteiger partial charge in [-0.3, -0.25) is 4.72 Å². The monoisotopic (exact) mass is 318 g/mol. The second kappa shape index (κ2) is 7.72. The minimum Gasteiger partial charge on any atom is -0.478 e. The standard InChI is InChI=1S/C12H15FN2O5S/c1-20-7-6-14-21(18,19)15-11-4-2-9(8-10(11)13)3-5-12(16)17/h2-5,8,14-15H,6-7H2,1H3,(H,16,17)/b5-3+. The molecule has 0 aliphatic heterocycles. The topological polar surface area (TPSA) is 105 Å². The van der Waals surface area contributed by atoms with E-state index in [-0.39, 0.29) is 18.8 Å². The summed E-state index contributed by atoms with van der Waals surface area (Å²) in [5.74, 6) is -1.98. The minimum atomic E-state index is -3.90. The van der Waals surface area contributed by atoms with Crippen LogP contribution in [0.25, 0.3) is 6.08 Å². The lowest BCUT2D eigenvalue weighted by Gasteiger charge is -2.10. The third-order valence-electron chi connectivity index (χ3n) is 2.25. The molecule has 0 heterocycles. The van der Waals surface area contributed by atoms with Crippen molar-refractivity contribution < 1.29 is 27.4 Å². The smallest absolute Gasteiger partial charge is 0.328 e. The molecule has 0 saturated carbocycles. The van der Waals surface area contributed by atoms with E-state index < -0.39 is 22.0 Å². The van der Waals surface area contributed by atoms with Crippen molar-refractivity contribution in [3.63, 3.8) is 0 Å². The summed E-state index contributed by atoms with van der Waals surface area (Å²) in [6, 6.07) is 3.61. The van der Waals surface area contributed by atoms with Crippen molar-refractivity contribution in [2.45, 2.75) is 0 Å². The molecule has 0 fully saturated rings. The quantitative estimate of drug-likeness (QED) is 0.486. The lowest BCUT2D eigenvalue weighted by Crippen LogP contribution is -2.32. The lowest BCUT2D eigenvalue weighted by atomic mass is 10.2. The van der Waals surface area contributed by atoms with Gasteiger partial charge in [-0.05, 0) is 23.8 Å². The van der Waals surface area contributed by atoms with Gasteiger partial charge in [0.1, 0.15) is 5.82 Å². The van der Waals surface area contributed by atoms with Gasteiger partial charge in [0.2, 0.25) is 0 Å². The largest absolute Gasteiger partial charge is 0.478 e. The van der Waals surface area contributed by atoms with Crippen LogP contribution in [0.1, 0.15) is 5.56 Å². The molecule has 0 amide bonds. The highest BCUT2D eigenvalue weighted by atomic mass is 32.2. The molecule has 9 heteroatoms. The second-order valence-corrected chi connectivity index (χ2v) is 5.40. The maximum atomic E-state index is 13.7. The highest BCUT2D eigenvalue weighted by molar-refractivity contribution is 7.90. The fraction of sp³-hybridized carbons (Fsp3) is 0.250. The number of benzene rings is 1. The summed E-state index contributed by atoms with van der Waals surface area (Å²) in [6.07, 6.45) is 2.05. The molecule has 116 valence electrons. The van der Waals surface area contributed by atoms with Crippen LogP contribution in [0, 0.1) is 5.82 Å². The van der Waals surface area contributed by atoms with E-state index in [9.17, 15) is 17.6 Å². The summed E-state index contributed by atoms with van der Waals surface area (Å²) in [4.78, 5) is 10.3. The molecule has 0 aromatic heterocycles. The summed E-state index contributed by atoms with van der Waals surface area (Å²) in [6.45, 7) is 0.231. The number of carboxylic acid groups (broad SMARTS) is 1. The first-order valence-corrected chi connectivity index (χ1v) is 7.29. The number of methoxy groups -OCH3 is 1. The van der Waals surface area contributed by atoms with E-state index in [1.165, 1.54) is 25.3 Å². The molecule has 1 aromatic carbocycles. The van der Waals surface area contributed by atoms with E-state index in [0.29, 0.717) is 5.56 Å². The minimum absolute atomic E-state index is 0.0485. The number of hydrogen-bond donors (Lipinski definition) is 3. The van der Waals surface area contributed by atoms with Crippen LogP contribution in [0.4, 0.5) is 10.1 Å². The summed E-state index contributed by atoms with van der Waals surface area (Å²) >= 11 is 0. The fourth-order valence-corrected chi connectivity index (χ4v) is 2.22. The number of nitrogens with one attached hydrogen (secondary N) is 2. The molecule has 3 N–H and O–H groups in total. The number of carboxylic acids is 1. The zero-order valence-corrected chi connectivity index (χ0v) is 12.0. The Morgan fingerprint density at radius 3 is 2.76 bits per heavy atom. The van der Waals surface area contributed by atoms with Crippen LogP contribution in [0.2, 0.25) is 0 Å². The van der Waals surface area contributed by atoms with Crippen LogP contribution in [0.5, 0.6) is 0 Å². The Bertz CT molecular complexity index is 631. The fourth-order valence-electron chi connectivity index (χ4n) is 1.34. The van der Waals surface area contributed by atoms with Gasteiger partial charge in [0.05, 0.1) is 12.3 Å². The van der Waals surface area contributed by atoms with Crippen LogP contribution < -0.4 is 9.44 Å². The Labute approximate surface area is 121 Å². The number of anilines is 1. The van der Waals surface area contributed by atoms with Crippen molar-refractivity contribution in [1.29, 1.82) is 0 Å². The molecule has 21 heavy (non-hydrogen) atoms. The number of halogens is 1. The zero-order valence-electron chi connectivity index (χ0n) is 11.2. The van der Waals surface area contributed by atoms with Gasteiger partial charge in [-0.15, -0.1) is 0 Å². The number of hydrogen-bond acceptors (Lipinski definition) is 4. The Hall–Kier alpha value is -1.97. The Morgan fingerprint density at radius 2 is 2.19 bits per heavy atom. The first-order valence-electron chi connectivity index (χ1n) is 5.81. The van der Waals surface area contributed by atoms with Gasteiger partial charge in [0, 0.05) is 19.7 Å². The molecule has 0 aliphatic rings. The van der Waals surface area contributed by atoms with Crippen molar-refractivity contribution in [3.05, 3.63) is 35.7 Å². The highest BCUT2D eigenvalue weighted by Gasteiger charge is 2.12. The van der Waals surface area contributed by atoms with Gasteiger partial charge in [-0.25, -0.2) is 9.18 Å². The Kier molecular flexibility index (Phi) is 6.28. The number of carbonyl (C=O) groups is 1. The number of aliphatic carboxylic acids is 1. The first kappa shape index (κ1) is 17.1. The van der Waals surface area contributed by atoms with E-state index in [1.54, 1.807) is 0 Å². The zero-order chi connectivity index (χ0) is 15.9. The molecule has 0 saturated heterocycles. The van der Waals surface area contributed by atoms with Crippen molar-refractivity contribution in [1.82, 2.24) is 4.72 Å². The number of ether oxygens (including phenoxy) is 1. The van der Waals surface area contributed by atoms with Crippen molar-refractivity contribution in [2.75, 3.05) is 25.0 Å². The third kappa shape index (κ3) is 6.34. The highest BCUT2D eigenvalue weighted by Crippen LogP contribution is 2.17. The van der Waals surface area contributed by atoms with Crippen LogP contribution in [-0.4, -0.2) is 39.8 Å². The van der Waals surface area contributed by atoms with Gasteiger partial charge in [-0.1, -0.05) is 6.07 Å². The van der Waals surface area contributed by atoms with Gasteiger partial charge in [0.15, 0.2) is 0 Å². The predicted molar refractivity (Wildman–Crippen MR) is 75.5 cm³/mol. The first-order chi connectivity index (χ1) is 9.84. The average molecular weight is 318 g/mol. The van der Waals surface area contributed by atoms with Crippen LogP contribution in [-0.2, 0) is 19.7 Å². The molecule has 1 aromatic rings. The molecule has 7 nitrogen and oxygen atoms in total. The number of rotatable bonds is 8. The van der Waals surface area contributed by atoms with Gasteiger partial charge in [0.25, 0.3) is 10.2 Å². The SMILES string of the molecule is COCCNS(=O)(=O)Nc1ccc(/C=C/C(=O)O)cc1F. The van der Waals surface area contributed by atoms with Crippen molar-refractivity contribution in [3.8, 4) is 0 Å². The predicted octanol–water partition coefficient (Wildman–Crippen LogP) is 0.816.